The highest BCUT2D eigenvalue weighted by molar-refractivity contribution is 5.94. The van der Waals surface area contributed by atoms with Crippen LogP contribution in [0.5, 0.6) is 0 Å². The minimum Gasteiger partial charge on any atom is -0.351 e. The van der Waals surface area contributed by atoms with Crippen LogP contribution < -0.4 is 10.6 Å². The number of carbonyl (C=O) groups is 1. The summed E-state index contributed by atoms with van der Waals surface area (Å²) in [5.74, 6) is -0.0605. The quantitative estimate of drug-likeness (QED) is 0.706. The van der Waals surface area contributed by atoms with Crippen LogP contribution in [0.2, 0.25) is 0 Å². The van der Waals surface area contributed by atoms with Crippen molar-refractivity contribution < 1.29 is 4.79 Å². The fourth-order valence-corrected chi connectivity index (χ4v) is 1.88. The summed E-state index contributed by atoms with van der Waals surface area (Å²) in [5.41, 5.74) is 2.68. The van der Waals surface area contributed by atoms with Crippen molar-refractivity contribution in [2.45, 2.75) is 32.7 Å². The van der Waals surface area contributed by atoms with E-state index in [1.54, 1.807) is 0 Å². The molecule has 6 heteroatoms. The molecule has 0 radical (unpaired) electrons. The number of aromatic nitrogens is 2. The Morgan fingerprint density at radius 1 is 1.53 bits per heavy atom. The van der Waals surface area contributed by atoms with Gasteiger partial charge in [-0.25, -0.2) is 0 Å². The van der Waals surface area contributed by atoms with E-state index in [1.165, 1.54) is 0 Å². The Balaban J connectivity index is 0.00000144. The van der Waals surface area contributed by atoms with E-state index in [0.29, 0.717) is 5.69 Å². The Bertz CT molecular complexity index is 378. The molecular weight excluding hydrogens is 240 g/mol. The molecule has 0 saturated heterocycles. The Hall–Kier alpha value is -1.07. The fraction of sp³-hybridized carbons (Fsp3) is 0.636. The van der Waals surface area contributed by atoms with Gasteiger partial charge in [-0.3, -0.25) is 9.89 Å². The topological polar surface area (TPSA) is 69.8 Å². The van der Waals surface area contributed by atoms with Gasteiger partial charge in [0.2, 0.25) is 0 Å². The van der Waals surface area contributed by atoms with E-state index in [1.807, 2.05) is 0 Å². The molecule has 5 nitrogen and oxygen atoms in total. The van der Waals surface area contributed by atoms with E-state index in [0.717, 1.165) is 50.2 Å². The summed E-state index contributed by atoms with van der Waals surface area (Å²) < 4.78 is 0. The summed E-state index contributed by atoms with van der Waals surface area (Å²) in [6.07, 6.45) is 3.02. The molecule has 0 spiro atoms. The Kier molecular flexibility index (Phi) is 5.44. The van der Waals surface area contributed by atoms with Crippen molar-refractivity contribution in [1.82, 2.24) is 20.8 Å². The van der Waals surface area contributed by atoms with Gasteiger partial charge in [0.05, 0.1) is 0 Å². The highest BCUT2D eigenvalue weighted by Gasteiger charge is 2.20. The maximum Gasteiger partial charge on any atom is 0.272 e. The van der Waals surface area contributed by atoms with Gasteiger partial charge in [-0.1, -0.05) is 13.3 Å². The van der Waals surface area contributed by atoms with E-state index in [2.05, 4.69) is 27.8 Å². The molecule has 0 unspecified atom stereocenters. The lowest BCUT2D eigenvalue weighted by atomic mass is 10.1. The number of hydrogen-bond donors (Lipinski definition) is 3. The first-order valence-corrected chi connectivity index (χ1v) is 5.88. The molecule has 0 bridgehead atoms. The van der Waals surface area contributed by atoms with Crippen molar-refractivity contribution in [3.05, 3.63) is 17.0 Å². The maximum atomic E-state index is 11.8. The molecule has 96 valence electrons. The summed E-state index contributed by atoms with van der Waals surface area (Å²) in [4.78, 5) is 11.8. The molecule has 0 saturated carbocycles. The van der Waals surface area contributed by atoms with E-state index in [4.69, 9.17) is 0 Å². The molecule has 2 rings (SSSR count). The molecule has 0 aromatic carbocycles. The van der Waals surface area contributed by atoms with Crippen molar-refractivity contribution in [2.75, 3.05) is 13.1 Å². The molecule has 3 N–H and O–H groups in total. The van der Waals surface area contributed by atoms with Crippen LogP contribution in [-0.4, -0.2) is 29.2 Å². The SMILES string of the molecule is CCCCNC(=O)c1n[nH]c2c1CNCC2.Cl. The van der Waals surface area contributed by atoms with Gasteiger partial charge in [-0.05, 0) is 6.42 Å². The highest BCUT2D eigenvalue weighted by atomic mass is 35.5. The second kappa shape index (κ2) is 6.61. The zero-order chi connectivity index (χ0) is 11.4. The van der Waals surface area contributed by atoms with Crippen LogP contribution in [-0.2, 0) is 13.0 Å². The third-order valence-corrected chi connectivity index (χ3v) is 2.84. The number of aromatic amines is 1. The van der Waals surface area contributed by atoms with Crippen molar-refractivity contribution in [1.29, 1.82) is 0 Å². The summed E-state index contributed by atoms with van der Waals surface area (Å²) in [6.45, 7) is 4.52. The standard InChI is InChI=1S/C11H18N4O.ClH/c1-2-3-5-13-11(16)10-8-7-12-6-4-9(8)14-15-10;/h12H,2-7H2,1H3,(H,13,16)(H,14,15);1H. The van der Waals surface area contributed by atoms with Gasteiger partial charge in [0, 0.05) is 37.3 Å². The zero-order valence-electron chi connectivity index (χ0n) is 10.0. The summed E-state index contributed by atoms with van der Waals surface area (Å²) in [7, 11) is 0. The van der Waals surface area contributed by atoms with Crippen molar-refractivity contribution >= 4 is 18.3 Å². The van der Waals surface area contributed by atoms with Gasteiger partial charge in [-0.15, -0.1) is 12.4 Å². The van der Waals surface area contributed by atoms with E-state index in [-0.39, 0.29) is 18.3 Å². The Morgan fingerprint density at radius 3 is 3.12 bits per heavy atom. The minimum atomic E-state index is -0.0605. The van der Waals surface area contributed by atoms with Crippen LogP contribution in [0.3, 0.4) is 0 Å². The average Bonchev–Trinajstić information content (AvgIpc) is 2.73. The summed E-state index contributed by atoms with van der Waals surface area (Å²) in [6, 6.07) is 0. The third-order valence-electron chi connectivity index (χ3n) is 2.84. The van der Waals surface area contributed by atoms with Gasteiger partial charge in [-0.2, -0.15) is 5.10 Å². The molecule has 1 aliphatic heterocycles. The predicted octanol–water partition coefficient (Wildman–Crippen LogP) is 1.01. The van der Waals surface area contributed by atoms with Crippen LogP contribution in [0, 0.1) is 0 Å². The summed E-state index contributed by atoms with van der Waals surface area (Å²) in [5, 5.41) is 13.2. The van der Waals surface area contributed by atoms with Crippen LogP contribution in [0.1, 0.15) is 41.5 Å². The lowest BCUT2D eigenvalue weighted by Gasteiger charge is -2.12. The van der Waals surface area contributed by atoms with E-state index >= 15 is 0 Å². The first kappa shape index (κ1) is 14.0. The van der Waals surface area contributed by atoms with Gasteiger partial charge in [0.1, 0.15) is 0 Å². The number of halogens is 1. The number of fused-ring (bicyclic) bond motifs is 1. The van der Waals surface area contributed by atoms with E-state index in [9.17, 15) is 4.79 Å². The molecule has 1 aromatic heterocycles. The molecule has 1 amide bonds. The first-order valence-electron chi connectivity index (χ1n) is 5.88. The van der Waals surface area contributed by atoms with Crippen LogP contribution in [0.4, 0.5) is 0 Å². The molecule has 0 fully saturated rings. The van der Waals surface area contributed by atoms with Crippen LogP contribution in [0.25, 0.3) is 0 Å². The van der Waals surface area contributed by atoms with Crippen LogP contribution >= 0.6 is 12.4 Å². The van der Waals surface area contributed by atoms with E-state index < -0.39 is 0 Å². The number of nitrogens with one attached hydrogen (secondary N) is 3. The normalized spacial score (nSPS) is 13.7. The second-order valence-electron chi connectivity index (χ2n) is 4.07. The second-order valence-corrected chi connectivity index (χ2v) is 4.07. The lowest BCUT2D eigenvalue weighted by Crippen LogP contribution is -2.29. The van der Waals surface area contributed by atoms with Gasteiger partial charge >= 0.3 is 0 Å². The van der Waals surface area contributed by atoms with Gasteiger partial charge < -0.3 is 10.6 Å². The number of rotatable bonds is 4. The fourth-order valence-electron chi connectivity index (χ4n) is 1.88. The summed E-state index contributed by atoms with van der Waals surface area (Å²) >= 11 is 0. The number of unbranched alkanes of at least 4 members (excludes halogenated alkanes) is 1. The van der Waals surface area contributed by atoms with Crippen molar-refractivity contribution in [2.24, 2.45) is 0 Å². The predicted molar refractivity (Wildman–Crippen MR) is 68.5 cm³/mol. The van der Waals surface area contributed by atoms with Gasteiger partial charge in [0.15, 0.2) is 5.69 Å². The molecule has 0 atom stereocenters. The lowest BCUT2D eigenvalue weighted by molar-refractivity contribution is 0.0947. The maximum absolute atomic E-state index is 11.8. The molecule has 2 heterocycles. The Labute approximate surface area is 107 Å². The molecule has 1 aliphatic rings. The third kappa shape index (κ3) is 3.20. The van der Waals surface area contributed by atoms with Crippen LogP contribution in [0.15, 0.2) is 0 Å². The smallest absolute Gasteiger partial charge is 0.272 e. The molecule has 17 heavy (non-hydrogen) atoms. The molecular formula is C11H19ClN4O. The van der Waals surface area contributed by atoms with Crippen molar-refractivity contribution in [3.63, 3.8) is 0 Å². The molecule has 0 aliphatic carbocycles. The van der Waals surface area contributed by atoms with Crippen molar-refractivity contribution in [3.8, 4) is 0 Å². The number of nitrogens with zero attached hydrogens (tertiary/aromatic N) is 1. The average molecular weight is 259 g/mol. The highest BCUT2D eigenvalue weighted by Crippen LogP contribution is 2.14. The molecule has 1 aromatic rings. The van der Waals surface area contributed by atoms with Gasteiger partial charge in [0.25, 0.3) is 5.91 Å². The first-order chi connectivity index (χ1) is 7.83. The Morgan fingerprint density at radius 2 is 2.35 bits per heavy atom. The minimum absolute atomic E-state index is 0. The monoisotopic (exact) mass is 258 g/mol. The number of H-pyrrole nitrogens is 1. The number of amides is 1. The zero-order valence-corrected chi connectivity index (χ0v) is 10.8. The largest absolute Gasteiger partial charge is 0.351 e. The number of hydrogen-bond acceptors (Lipinski definition) is 3. The number of carbonyl (C=O) groups excluding carboxylic acids is 1.